The number of amides is 2. The normalized spacial score (nSPS) is 32.0. The van der Waals surface area contributed by atoms with Crippen molar-refractivity contribution >= 4 is 22.9 Å². The summed E-state index contributed by atoms with van der Waals surface area (Å²) in [6.07, 6.45) is 11.7. The summed E-state index contributed by atoms with van der Waals surface area (Å²) in [5.41, 5.74) is 1.34. The van der Waals surface area contributed by atoms with Gasteiger partial charge in [-0.05, 0) is 38.0 Å². The first-order valence-corrected chi connectivity index (χ1v) is 12.6. The summed E-state index contributed by atoms with van der Waals surface area (Å²) in [6, 6.07) is 4.04. The Kier molecular flexibility index (Phi) is 5.58. The monoisotopic (exact) mass is 439 g/mol. The third kappa shape index (κ3) is 3.46. The average molecular weight is 440 g/mol. The third-order valence-corrected chi connectivity index (χ3v) is 8.66. The lowest BCUT2D eigenvalue weighted by atomic mass is 9.77. The fourth-order valence-corrected chi connectivity index (χ4v) is 6.43. The molecule has 1 aliphatic heterocycles. The molecule has 174 valence electrons. The van der Waals surface area contributed by atoms with Crippen LogP contribution in [-0.4, -0.2) is 38.9 Å². The molecule has 0 radical (unpaired) electrons. The fourth-order valence-electron chi connectivity index (χ4n) is 6.43. The Labute approximate surface area is 190 Å². The second-order valence-corrected chi connectivity index (χ2v) is 10.7. The summed E-state index contributed by atoms with van der Waals surface area (Å²) in [6.45, 7) is 6.99. The minimum absolute atomic E-state index is 0.00274. The van der Waals surface area contributed by atoms with E-state index in [1.807, 2.05) is 28.5 Å². The molecule has 4 atom stereocenters. The highest BCUT2D eigenvalue weighted by molar-refractivity contribution is 6.03. The van der Waals surface area contributed by atoms with E-state index in [4.69, 9.17) is 4.42 Å². The van der Waals surface area contributed by atoms with Crippen LogP contribution in [0.25, 0.3) is 11.1 Å². The van der Waals surface area contributed by atoms with Crippen LogP contribution in [0.5, 0.6) is 0 Å². The van der Waals surface area contributed by atoms with Gasteiger partial charge >= 0.3 is 0 Å². The Hall–Kier alpha value is -2.24. The number of carbonyl (C=O) groups is 2. The molecule has 2 aromatic rings. The number of nitrogens with zero attached hydrogens (tertiary/aromatic N) is 2. The topological polar surface area (TPSA) is 67.5 Å². The number of hydrogen-bond acceptors (Lipinski definition) is 3. The summed E-state index contributed by atoms with van der Waals surface area (Å²) in [7, 11) is 0. The van der Waals surface area contributed by atoms with E-state index in [1.165, 1.54) is 19.3 Å². The molecule has 2 saturated carbocycles. The number of aromatic nitrogens is 1. The molecular weight excluding hydrogens is 402 g/mol. The number of carbonyl (C=O) groups excluding carboxylic acids is 2. The van der Waals surface area contributed by atoms with Crippen molar-refractivity contribution in [1.29, 1.82) is 0 Å². The quantitative estimate of drug-likeness (QED) is 0.676. The lowest BCUT2D eigenvalue weighted by Gasteiger charge is -2.49. The Morgan fingerprint density at radius 1 is 1.09 bits per heavy atom. The predicted octanol–water partition coefficient (Wildman–Crippen LogP) is 5.11. The minimum Gasteiger partial charge on any atom is -0.463 e. The van der Waals surface area contributed by atoms with Gasteiger partial charge in [-0.3, -0.25) is 9.59 Å². The first-order chi connectivity index (χ1) is 15.4. The van der Waals surface area contributed by atoms with Crippen LogP contribution in [-0.2, 0) is 11.3 Å². The summed E-state index contributed by atoms with van der Waals surface area (Å²) in [5, 5.41) is 3.41. The van der Waals surface area contributed by atoms with Crippen LogP contribution in [0.3, 0.4) is 0 Å². The van der Waals surface area contributed by atoms with Gasteiger partial charge in [0.15, 0.2) is 5.58 Å². The summed E-state index contributed by atoms with van der Waals surface area (Å²) in [4.78, 5) is 29.9. The summed E-state index contributed by atoms with van der Waals surface area (Å²) in [5.74, 6) is 1.02. The molecule has 6 nitrogen and oxygen atoms in total. The second kappa shape index (κ2) is 8.27. The molecule has 3 aliphatic rings. The molecule has 0 spiro atoms. The Morgan fingerprint density at radius 3 is 2.59 bits per heavy atom. The maximum absolute atomic E-state index is 14.0. The van der Waals surface area contributed by atoms with E-state index in [0.29, 0.717) is 29.7 Å². The SMILES string of the molecule is C[C@@H]1[C@H](C)CCC[C@@H]1NC(=O)[C@]1(C)Cn2c(cc3occc32)C(=O)N1C1CCCCCC1. The first kappa shape index (κ1) is 21.6. The van der Waals surface area contributed by atoms with Gasteiger partial charge in [0.1, 0.15) is 11.2 Å². The zero-order valence-corrected chi connectivity index (χ0v) is 19.7. The first-order valence-electron chi connectivity index (χ1n) is 12.6. The van der Waals surface area contributed by atoms with Crippen LogP contribution in [0, 0.1) is 11.8 Å². The van der Waals surface area contributed by atoms with Crippen LogP contribution < -0.4 is 5.32 Å². The lowest BCUT2D eigenvalue weighted by molar-refractivity contribution is -0.136. The zero-order valence-electron chi connectivity index (χ0n) is 19.7. The number of fused-ring (bicyclic) bond motifs is 3. The molecule has 0 saturated heterocycles. The van der Waals surface area contributed by atoms with Crippen LogP contribution in [0.2, 0.25) is 0 Å². The second-order valence-electron chi connectivity index (χ2n) is 10.7. The van der Waals surface area contributed by atoms with E-state index in [-0.39, 0.29) is 23.9 Å². The van der Waals surface area contributed by atoms with Gasteiger partial charge in [0, 0.05) is 24.2 Å². The highest BCUT2D eigenvalue weighted by Gasteiger charge is 2.51. The molecule has 32 heavy (non-hydrogen) atoms. The van der Waals surface area contributed by atoms with Crippen molar-refractivity contribution < 1.29 is 14.0 Å². The molecule has 2 aromatic heterocycles. The molecule has 1 N–H and O–H groups in total. The van der Waals surface area contributed by atoms with E-state index >= 15 is 0 Å². The highest BCUT2D eigenvalue weighted by Crippen LogP contribution is 2.38. The van der Waals surface area contributed by atoms with Crippen molar-refractivity contribution in [3.8, 4) is 0 Å². The van der Waals surface area contributed by atoms with Crippen molar-refractivity contribution in [2.24, 2.45) is 11.8 Å². The maximum Gasteiger partial charge on any atom is 0.271 e. The van der Waals surface area contributed by atoms with Crippen molar-refractivity contribution in [2.45, 2.75) is 103 Å². The predicted molar refractivity (Wildman–Crippen MR) is 124 cm³/mol. The summed E-state index contributed by atoms with van der Waals surface area (Å²) < 4.78 is 7.60. The van der Waals surface area contributed by atoms with E-state index in [0.717, 1.165) is 44.0 Å². The van der Waals surface area contributed by atoms with Gasteiger partial charge in [0.05, 0.1) is 18.3 Å². The molecule has 2 amide bonds. The fraction of sp³-hybridized carbons (Fsp3) is 0.692. The number of nitrogens with one attached hydrogen (secondary N) is 1. The van der Waals surface area contributed by atoms with Crippen molar-refractivity contribution in [1.82, 2.24) is 14.8 Å². The van der Waals surface area contributed by atoms with E-state index < -0.39 is 5.54 Å². The van der Waals surface area contributed by atoms with E-state index in [1.54, 1.807) is 6.26 Å². The maximum atomic E-state index is 14.0. The van der Waals surface area contributed by atoms with Crippen molar-refractivity contribution in [3.05, 3.63) is 24.1 Å². The molecule has 0 unspecified atom stereocenters. The number of furan rings is 1. The van der Waals surface area contributed by atoms with E-state index in [2.05, 4.69) is 19.2 Å². The molecule has 6 heteroatoms. The van der Waals surface area contributed by atoms with Crippen LogP contribution >= 0.6 is 0 Å². The Morgan fingerprint density at radius 2 is 1.84 bits per heavy atom. The third-order valence-electron chi connectivity index (χ3n) is 8.66. The standard InChI is InChI=1S/C26H37N3O3/c1-17-9-8-12-20(18(17)2)27-25(31)26(3)16-28-21-13-14-32-23(21)15-22(28)24(30)29(26)19-10-6-4-5-7-11-19/h13-15,17-20H,4-12,16H2,1-3H3,(H,27,31)/t17-,18-,20+,26+/m1/s1. The van der Waals surface area contributed by atoms with Crippen molar-refractivity contribution in [3.63, 3.8) is 0 Å². The minimum atomic E-state index is -0.914. The molecule has 0 bridgehead atoms. The largest absolute Gasteiger partial charge is 0.463 e. The molecular formula is C26H37N3O3. The van der Waals surface area contributed by atoms with Crippen LogP contribution in [0.4, 0.5) is 0 Å². The molecule has 3 heterocycles. The summed E-state index contributed by atoms with van der Waals surface area (Å²) >= 11 is 0. The molecule has 5 rings (SSSR count). The Bertz CT molecular complexity index is 999. The lowest BCUT2D eigenvalue weighted by Crippen LogP contribution is -2.67. The van der Waals surface area contributed by atoms with Crippen molar-refractivity contribution in [2.75, 3.05) is 0 Å². The van der Waals surface area contributed by atoms with Gasteiger partial charge in [0.25, 0.3) is 5.91 Å². The van der Waals surface area contributed by atoms with Gasteiger partial charge in [-0.25, -0.2) is 0 Å². The van der Waals surface area contributed by atoms with Gasteiger partial charge in [-0.15, -0.1) is 0 Å². The number of rotatable bonds is 3. The number of hydrogen-bond donors (Lipinski definition) is 1. The molecule has 2 fully saturated rings. The van der Waals surface area contributed by atoms with Crippen LogP contribution in [0.15, 0.2) is 22.8 Å². The molecule has 2 aliphatic carbocycles. The van der Waals surface area contributed by atoms with Gasteiger partial charge in [0.2, 0.25) is 5.91 Å². The Balaban J connectivity index is 1.52. The van der Waals surface area contributed by atoms with Gasteiger partial charge in [-0.2, -0.15) is 0 Å². The smallest absolute Gasteiger partial charge is 0.271 e. The zero-order chi connectivity index (χ0) is 22.5. The van der Waals surface area contributed by atoms with Gasteiger partial charge in [-0.1, -0.05) is 52.4 Å². The van der Waals surface area contributed by atoms with E-state index in [9.17, 15) is 9.59 Å². The highest BCUT2D eigenvalue weighted by atomic mass is 16.3. The molecule has 0 aromatic carbocycles. The van der Waals surface area contributed by atoms with Crippen LogP contribution in [0.1, 0.15) is 89.0 Å². The average Bonchev–Trinajstić information content (AvgIpc) is 3.25. The van der Waals surface area contributed by atoms with Gasteiger partial charge < -0.3 is 19.2 Å².